The van der Waals surface area contributed by atoms with E-state index in [1.807, 2.05) is 54.6 Å². The molecule has 4 heteroatoms. The molecule has 1 aliphatic carbocycles. The fourth-order valence-electron chi connectivity index (χ4n) is 4.40. The van der Waals surface area contributed by atoms with Crippen LogP contribution in [0.25, 0.3) is 55.8 Å². The Hall–Kier alpha value is -3.98. The molecule has 3 heterocycles. The fourth-order valence-corrected chi connectivity index (χ4v) is 4.40. The monoisotopic (exact) mass is 627 g/mol. The summed E-state index contributed by atoms with van der Waals surface area (Å²) in [5.74, 6) is 0. The Balaban J connectivity index is 0.000000167. The van der Waals surface area contributed by atoms with Gasteiger partial charge in [0.05, 0.1) is 16.9 Å². The molecule has 1 radical (unpaired) electrons. The number of pyridine rings is 3. The summed E-state index contributed by atoms with van der Waals surface area (Å²) in [4.78, 5) is 13.2. The van der Waals surface area contributed by atoms with E-state index >= 15 is 0 Å². The first-order valence-electron chi connectivity index (χ1n) is 11.2. The molecule has 1 aliphatic rings. The first kappa shape index (κ1) is 22.8. The molecule has 3 nitrogen and oxygen atoms in total. The Labute approximate surface area is 217 Å². The molecule has 0 aliphatic heterocycles. The zero-order valence-corrected chi connectivity index (χ0v) is 21.1. The SMILES string of the molecule is [Ir].[c-]1ccccc1-c1cc2c3c(cccc3n1)-c1ccccc1-2.c1ccc(-c2ccccn2)nc1. The van der Waals surface area contributed by atoms with Gasteiger partial charge in [-0.3, -0.25) is 15.0 Å². The smallest absolute Gasteiger partial charge is 0.0886 e. The van der Waals surface area contributed by atoms with E-state index in [4.69, 9.17) is 4.98 Å². The summed E-state index contributed by atoms with van der Waals surface area (Å²) < 4.78 is 0. The number of hydrogen-bond donors (Lipinski definition) is 0. The van der Waals surface area contributed by atoms with Crippen molar-refractivity contribution in [2.24, 2.45) is 0 Å². The molecule has 0 saturated heterocycles. The maximum atomic E-state index is 4.86. The summed E-state index contributed by atoms with van der Waals surface area (Å²) in [5, 5.41) is 1.27. The minimum Gasteiger partial charge on any atom is -0.296 e. The van der Waals surface area contributed by atoms with Crippen LogP contribution in [0.3, 0.4) is 0 Å². The predicted octanol–water partition coefficient (Wildman–Crippen LogP) is 7.49. The van der Waals surface area contributed by atoms with Crippen LogP contribution in [-0.2, 0) is 20.1 Å². The maximum Gasteiger partial charge on any atom is 0.0886 e. The Morgan fingerprint density at radius 2 is 1.14 bits per heavy atom. The molecular formula is C31H20IrN3-. The van der Waals surface area contributed by atoms with Crippen LogP contribution >= 0.6 is 0 Å². The number of rotatable bonds is 2. The Morgan fingerprint density at radius 3 is 1.77 bits per heavy atom. The van der Waals surface area contributed by atoms with Crippen molar-refractivity contribution in [1.29, 1.82) is 0 Å². The van der Waals surface area contributed by atoms with Crippen molar-refractivity contribution in [2.75, 3.05) is 0 Å². The summed E-state index contributed by atoms with van der Waals surface area (Å²) in [5.41, 5.74) is 10.1. The minimum absolute atomic E-state index is 0. The van der Waals surface area contributed by atoms with Crippen molar-refractivity contribution in [3.8, 4) is 44.9 Å². The predicted molar refractivity (Wildman–Crippen MR) is 138 cm³/mol. The van der Waals surface area contributed by atoms with Crippen LogP contribution in [0.2, 0.25) is 0 Å². The van der Waals surface area contributed by atoms with E-state index in [1.54, 1.807) is 12.4 Å². The van der Waals surface area contributed by atoms with Crippen LogP contribution in [-0.4, -0.2) is 15.0 Å². The van der Waals surface area contributed by atoms with Crippen molar-refractivity contribution >= 4 is 10.9 Å². The number of aromatic nitrogens is 3. The third-order valence-corrected chi connectivity index (χ3v) is 5.92. The van der Waals surface area contributed by atoms with E-state index in [9.17, 15) is 0 Å². The molecule has 7 rings (SSSR count). The van der Waals surface area contributed by atoms with Crippen LogP contribution in [0, 0.1) is 6.07 Å². The van der Waals surface area contributed by atoms with Crippen LogP contribution in [0.1, 0.15) is 0 Å². The normalized spacial score (nSPS) is 10.6. The van der Waals surface area contributed by atoms with Gasteiger partial charge in [0.25, 0.3) is 0 Å². The van der Waals surface area contributed by atoms with E-state index < -0.39 is 0 Å². The van der Waals surface area contributed by atoms with Gasteiger partial charge in [0.15, 0.2) is 0 Å². The van der Waals surface area contributed by atoms with Crippen LogP contribution in [0.15, 0.2) is 122 Å². The molecule has 6 aromatic rings. The second-order valence-corrected chi connectivity index (χ2v) is 8.01. The number of hydrogen-bond acceptors (Lipinski definition) is 3. The molecule has 0 N–H and O–H groups in total. The number of nitrogens with zero attached hydrogens (tertiary/aromatic N) is 3. The third kappa shape index (κ3) is 4.42. The number of fused-ring (bicyclic) bond motifs is 3. The van der Waals surface area contributed by atoms with Gasteiger partial charge < -0.3 is 0 Å². The van der Waals surface area contributed by atoms with Gasteiger partial charge in [-0.05, 0) is 58.3 Å². The molecule has 0 bridgehead atoms. The summed E-state index contributed by atoms with van der Waals surface area (Å²) >= 11 is 0. The standard InChI is InChI=1S/C21H12N.C10H8N2.Ir/c1-2-7-14(8-3-1)20-13-18-16-10-5-4-9-15(16)17-11-6-12-19(22-20)21(17)18;1-3-7-11-9(5-1)10-6-2-4-8-12-10;/h1-7,9-13H;1-8H;/q-1;;. The average Bonchev–Trinajstić information content (AvgIpc) is 3.26. The van der Waals surface area contributed by atoms with Crippen LogP contribution < -0.4 is 0 Å². The van der Waals surface area contributed by atoms with Crippen molar-refractivity contribution in [1.82, 2.24) is 15.0 Å². The van der Waals surface area contributed by atoms with Gasteiger partial charge in [0.2, 0.25) is 0 Å². The summed E-state index contributed by atoms with van der Waals surface area (Å²) in [6.45, 7) is 0. The second kappa shape index (κ2) is 10.1. The Kier molecular flexibility index (Phi) is 6.58. The molecular weight excluding hydrogens is 607 g/mol. The molecule has 0 saturated carbocycles. The van der Waals surface area contributed by atoms with E-state index in [2.05, 4.69) is 70.6 Å². The van der Waals surface area contributed by atoms with E-state index in [0.717, 1.165) is 28.2 Å². The molecule has 0 spiro atoms. The maximum absolute atomic E-state index is 4.86. The van der Waals surface area contributed by atoms with Gasteiger partial charge in [-0.1, -0.05) is 54.6 Å². The summed E-state index contributed by atoms with van der Waals surface area (Å²) in [6.07, 6.45) is 3.54. The van der Waals surface area contributed by atoms with Crippen molar-refractivity contribution in [3.63, 3.8) is 0 Å². The largest absolute Gasteiger partial charge is 0.296 e. The van der Waals surface area contributed by atoms with Crippen LogP contribution in [0.4, 0.5) is 0 Å². The molecule has 3 aromatic carbocycles. The van der Waals surface area contributed by atoms with E-state index in [1.165, 1.54) is 27.6 Å². The second-order valence-electron chi connectivity index (χ2n) is 8.01. The molecule has 35 heavy (non-hydrogen) atoms. The Morgan fingerprint density at radius 1 is 0.514 bits per heavy atom. The topological polar surface area (TPSA) is 38.7 Å². The summed E-state index contributed by atoms with van der Waals surface area (Å²) in [7, 11) is 0. The van der Waals surface area contributed by atoms with Crippen molar-refractivity contribution < 1.29 is 20.1 Å². The van der Waals surface area contributed by atoms with Gasteiger partial charge in [-0.25, -0.2) is 0 Å². The first-order chi connectivity index (χ1) is 16.9. The number of benzene rings is 3. The third-order valence-electron chi connectivity index (χ3n) is 5.92. The van der Waals surface area contributed by atoms with Crippen molar-refractivity contribution in [3.05, 3.63) is 128 Å². The molecule has 0 atom stereocenters. The average molecular weight is 627 g/mol. The van der Waals surface area contributed by atoms with Gasteiger partial charge in [-0.2, -0.15) is 0 Å². The molecule has 3 aromatic heterocycles. The fraction of sp³-hybridized carbons (Fsp3) is 0. The zero-order chi connectivity index (χ0) is 22.7. The molecule has 0 amide bonds. The molecule has 169 valence electrons. The molecule has 0 fully saturated rings. The van der Waals surface area contributed by atoms with Gasteiger partial charge in [-0.15, -0.1) is 35.9 Å². The van der Waals surface area contributed by atoms with Gasteiger partial charge >= 0.3 is 0 Å². The van der Waals surface area contributed by atoms with E-state index in [-0.39, 0.29) is 20.1 Å². The van der Waals surface area contributed by atoms with Crippen LogP contribution in [0.5, 0.6) is 0 Å². The Bertz CT molecular complexity index is 1550. The van der Waals surface area contributed by atoms with Gasteiger partial charge in [0, 0.05) is 37.9 Å². The van der Waals surface area contributed by atoms with Gasteiger partial charge in [0.1, 0.15) is 0 Å². The zero-order valence-electron chi connectivity index (χ0n) is 18.7. The van der Waals surface area contributed by atoms with Crippen molar-refractivity contribution in [2.45, 2.75) is 0 Å². The van der Waals surface area contributed by atoms with E-state index in [0.29, 0.717) is 0 Å². The molecule has 0 unspecified atom stereocenters. The summed E-state index contributed by atoms with van der Waals surface area (Å²) in [6, 6.07) is 40.1. The first-order valence-corrected chi connectivity index (χ1v) is 11.2. The minimum atomic E-state index is 0. The quantitative estimate of drug-likeness (QED) is 0.187.